The Hall–Kier alpha value is -1.74. The van der Waals surface area contributed by atoms with Gasteiger partial charge in [0.25, 0.3) is 0 Å². The highest BCUT2D eigenvalue weighted by atomic mass is 32.1. The number of ether oxygens (including phenoxy) is 1. The highest BCUT2D eigenvalue weighted by Crippen LogP contribution is 2.36. The predicted octanol–water partition coefficient (Wildman–Crippen LogP) is 5.75. The summed E-state index contributed by atoms with van der Waals surface area (Å²) in [7, 11) is 0. The minimum Gasteiger partial charge on any atom is -0.482 e. The van der Waals surface area contributed by atoms with Gasteiger partial charge in [0.15, 0.2) is 22.4 Å². The second kappa shape index (κ2) is 8.18. The Kier molecular flexibility index (Phi) is 5.79. The minimum atomic E-state index is -4.44. The van der Waals surface area contributed by atoms with Crippen LogP contribution in [0.5, 0.6) is 5.75 Å². The third-order valence-corrected chi connectivity index (χ3v) is 6.42. The normalized spacial score (nSPS) is 19.3. The van der Waals surface area contributed by atoms with Gasteiger partial charge in [0.05, 0.1) is 5.69 Å². The Bertz CT molecular complexity index is 834. The fraction of sp³-hybridized carbons (Fsp3) is 0.550. The monoisotopic (exact) mass is 432 g/mol. The van der Waals surface area contributed by atoms with Crippen molar-refractivity contribution in [2.45, 2.75) is 56.8 Å². The fourth-order valence-electron chi connectivity index (χ4n) is 4.00. The molecule has 2 heterocycles. The van der Waals surface area contributed by atoms with Crippen LogP contribution in [0, 0.1) is 11.6 Å². The molecule has 1 aliphatic heterocycles. The molecule has 2 aromatic rings. The van der Waals surface area contributed by atoms with Crippen molar-refractivity contribution in [3.63, 3.8) is 0 Å². The van der Waals surface area contributed by atoms with E-state index in [9.17, 15) is 22.0 Å². The van der Waals surface area contributed by atoms with Crippen molar-refractivity contribution in [2.75, 3.05) is 13.1 Å². The lowest BCUT2D eigenvalue weighted by Crippen LogP contribution is -2.53. The highest BCUT2D eigenvalue weighted by molar-refractivity contribution is 7.09. The SMILES string of the molecule is Fc1cc(C2CCCCC2)cc(F)c1OC1CN(Cc2csc(C(F)(F)F)n2)C1. The number of hydrogen-bond donors (Lipinski definition) is 0. The third kappa shape index (κ3) is 4.71. The van der Waals surface area contributed by atoms with Gasteiger partial charge >= 0.3 is 6.18 Å². The first-order valence-electron chi connectivity index (χ1n) is 9.69. The molecule has 0 spiro atoms. The smallest absolute Gasteiger partial charge is 0.443 e. The van der Waals surface area contributed by atoms with Gasteiger partial charge in [0.2, 0.25) is 0 Å². The molecule has 0 atom stereocenters. The summed E-state index contributed by atoms with van der Waals surface area (Å²) in [6.45, 7) is 1.00. The van der Waals surface area contributed by atoms with E-state index in [1.807, 2.05) is 4.90 Å². The lowest BCUT2D eigenvalue weighted by atomic mass is 9.84. The van der Waals surface area contributed by atoms with E-state index in [4.69, 9.17) is 4.74 Å². The second-order valence-electron chi connectivity index (χ2n) is 7.72. The van der Waals surface area contributed by atoms with Crippen LogP contribution in [-0.4, -0.2) is 29.1 Å². The first kappa shape index (κ1) is 20.5. The zero-order valence-electron chi connectivity index (χ0n) is 15.6. The summed E-state index contributed by atoms with van der Waals surface area (Å²) in [4.78, 5) is 5.41. The van der Waals surface area contributed by atoms with Gasteiger partial charge in [-0.3, -0.25) is 4.90 Å². The van der Waals surface area contributed by atoms with Crippen molar-refractivity contribution in [3.8, 4) is 5.75 Å². The van der Waals surface area contributed by atoms with E-state index >= 15 is 0 Å². The molecule has 1 saturated heterocycles. The molecule has 0 N–H and O–H groups in total. The molecule has 2 fully saturated rings. The number of thiazole rings is 1. The second-order valence-corrected chi connectivity index (χ2v) is 8.58. The van der Waals surface area contributed by atoms with E-state index in [2.05, 4.69) is 4.98 Å². The van der Waals surface area contributed by atoms with Crippen LogP contribution in [0.1, 0.15) is 54.3 Å². The molecule has 9 heteroatoms. The van der Waals surface area contributed by atoms with Crippen LogP contribution >= 0.6 is 11.3 Å². The zero-order chi connectivity index (χ0) is 20.6. The maximum absolute atomic E-state index is 14.5. The largest absolute Gasteiger partial charge is 0.482 e. The van der Waals surface area contributed by atoms with Crippen molar-refractivity contribution in [2.24, 2.45) is 0 Å². The van der Waals surface area contributed by atoms with Gasteiger partial charge in [0, 0.05) is 25.0 Å². The Balaban J connectivity index is 1.32. The quantitative estimate of drug-likeness (QED) is 0.563. The van der Waals surface area contributed by atoms with Crippen molar-refractivity contribution in [1.29, 1.82) is 0 Å². The van der Waals surface area contributed by atoms with E-state index in [0.29, 0.717) is 35.7 Å². The topological polar surface area (TPSA) is 25.4 Å². The molecule has 1 aromatic heterocycles. The molecule has 0 unspecified atom stereocenters. The first-order chi connectivity index (χ1) is 13.8. The summed E-state index contributed by atoms with van der Waals surface area (Å²) < 4.78 is 72.2. The summed E-state index contributed by atoms with van der Waals surface area (Å²) >= 11 is 0.560. The maximum Gasteiger partial charge on any atom is 0.443 e. The van der Waals surface area contributed by atoms with Gasteiger partial charge in [-0.25, -0.2) is 13.8 Å². The van der Waals surface area contributed by atoms with E-state index in [1.54, 1.807) is 0 Å². The van der Waals surface area contributed by atoms with E-state index in [-0.39, 0.29) is 18.2 Å². The molecule has 0 amide bonds. The van der Waals surface area contributed by atoms with Gasteiger partial charge in [-0.15, -0.1) is 11.3 Å². The van der Waals surface area contributed by atoms with Crippen LogP contribution in [0.4, 0.5) is 22.0 Å². The number of nitrogens with zero attached hydrogens (tertiary/aromatic N) is 2. The lowest BCUT2D eigenvalue weighted by molar-refractivity contribution is -0.137. The molecule has 0 radical (unpaired) electrons. The molecule has 0 bridgehead atoms. The highest BCUT2D eigenvalue weighted by Gasteiger charge is 2.36. The van der Waals surface area contributed by atoms with Gasteiger partial charge in [0.1, 0.15) is 6.10 Å². The van der Waals surface area contributed by atoms with Gasteiger partial charge in [-0.05, 0) is 36.5 Å². The minimum absolute atomic E-state index is 0.195. The van der Waals surface area contributed by atoms with Crippen LogP contribution < -0.4 is 4.74 Å². The summed E-state index contributed by atoms with van der Waals surface area (Å²) in [6, 6.07) is 2.75. The average molecular weight is 432 g/mol. The summed E-state index contributed by atoms with van der Waals surface area (Å²) in [5.74, 6) is -1.57. The number of alkyl halides is 3. The van der Waals surface area contributed by atoms with Crippen molar-refractivity contribution in [1.82, 2.24) is 9.88 Å². The Morgan fingerprint density at radius 2 is 1.72 bits per heavy atom. The number of benzene rings is 1. The van der Waals surface area contributed by atoms with Crippen molar-refractivity contribution < 1.29 is 26.7 Å². The van der Waals surface area contributed by atoms with Crippen LogP contribution in [-0.2, 0) is 12.7 Å². The van der Waals surface area contributed by atoms with Gasteiger partial charge in [-0.1, -0.05) is 19.3 Å². The molecule has 29 heavy (non-hydrogen) atoms. The van der Waals surface area contributed by atoms with Crippen LogP contribution in [0.3, 0.4) is 0 Å². The Morgan fingerprint density at radius 3 is 2.31 bits per heavy atom. The first-order valence-corrected chi connectivity index (χ1v) is 10.6. The standard InChI is InChI=1S/C20H21F5N2OS/c21-16-6-13(12-4-2-1-3-5-12)7-17(22)18(16)28-15-9-27(10-15)8-14-11-29-19(26-14)20(23,24)25/h6-7,11-12,15H,1-5,8-10H2. The number of aromatic nitrogens is 1. The Morgan fingerprint density at radius 1 is 1.07 bits per heavy atom. The molecule has 4 rings (SSSR count). The van der Waals surface area contributed by atoms with E-state index in [1.165, 1.54) is 23.9 Å². The zero-order valence-corrected chi connectivity index (χ0v) is 16.5. The van der Waals surface area contributed by atoms with Crippen molar-refractivity contribution in [3.05, 3.63) is 45.4 Å². The maximum atomic E-state index is 14.5. The number of hydrogen-bond acceptors (Lipinski definition) is 4. The lowest BCUT2D eigenvalue weighted by Gasteiger charge is -2.38. The van der Waals surface area contributed by atoms with Crippen LogP contribution in [0.15, 0.2) is 17.5 Å². The van der Waals surface area contributed by atoms with Gasteiger partial charge in [-0.2, -0.15) is 13.2 Å². The third-order valence-electron chi connectivity index (χ3n) is 5.49. The molecule has 1 saturated carbocycles. The predicted molar refractivity (Wildman–Crippen MR) is 99.0 cm³/mol. The Labute approximate surface area is 169 Å². The van der Waals surface area contributed by atoms with E-state index in [0.717, 1.165) is 25.7 Å². The molecule has 1 aromatic carbocycles. The molecular formula is C20H21F5N2OS. The van der Waals surface area contributed by atoms with Crippen LogP contribution in [0.25, 0.3) is 0 Å². The summed E-state index contributed by atoms with van der Waals surface area (Å²) in [5, 5.41) is 0.503. The van der Waals surface area contributed by atoms with Crippen LogP contribution in [0.2, 0.25) is 0 Å². The molecule has 3 nitrogen and oxygen atoms in total. The number of rotatable bonds is 5. The molecule has 2 aliphatic rings. The molecule has 1 aliphatic carbocycles. The average Bonchev–Trinajstić information content (AvgIpc) is 3.12. The van der Waals surface area contributed by atoms with Gasteiger partial charge < -0.3 is 4.74 Å². The molecule has 158 valence electrons. The summed E-state index contributed by atoms with van der Waals surface area (Å²) in [5.41, 5.74) is 1.02. The van der Waals surface area contributed by atoms with E-state index < -0.39 is 28.9 Å². The summed E-state index contributed by atoms with van der Waals surface area (Å²) in [6.07, 6.45) is 0.371. The number of likely N-dealkylation sites (tertiary alicyclic amines) is 1. The number of halogens is 5. The van der Waals surface area contributed by atoms with Crippen molar-refractivity contribution >= 4 is 11.3 Å². The fourth-order valence-corrected chi connectivity index (χ4v) is 4.67. The molecular weight excluding hydrogens is 411 g/mol.